The first-order valence-electron chi connectivity index (χ1n) is 3.13. The molecule has 0 nitrogen and oxygen atoms in total. The normalized spacial score (nSPS) is 8.00. The first kappa shape index (κ1) is 16.6. The fourth-order valence-electron chi connectivity index (χ4n) is 0. The van der Waals surface area contributed by atoms with Gasteiger partial charge in [0.05, 0.1) is 0 Å². The largest absolute Gasteiger partial charge is 0.341 e. The monoisotopic (exact) mass is 203 g/mol. The predicted molar refractivity (Wildman–Crippen MR) is 40.4 cm³/mol. The minimum absolute atomic E-state index is 0. The van der Waals surface area contributed by atoms with Gasteiger partial charge < -0.3 is 13.8 Å². The van der Waals surface area contributed by atoms with Crippen LogP contribution in [-0.2, 0) is 32.7 Å². The molecule has 0 aromatic carbocycles. The van der Waals surface area contributed by atoms with Crippen molar-refractivity contribution >= 4 is 0 Å². The molecule has 0 heterocycles. The van der Waals surface area contributed by atoms with Crippen LogP contribution in [0, 0.1) is 25.7 Å². The van der Waals surface area contributed by atoms with Crippen LogP contribution < -0.4 is 0 Å². The summed E-state index contributed by atoms with van der Waals surface area (Å²) >= 11 is 0. The van der Waals surface area contributed by atoms with E-state index in [1.165, 1.54) is 0 Å². The third kappa shape index (κ3) is 377. The summed E-state index contributed by atoms with van der Waals surface area (Å²) in [7, 11) is 0. The SMILES string of the molecule is [CH2-]C(C)C.[CH2-]C(C)C.[Y]. The van der Waals surface area contributed by atoms with Gasteiger partial charge in [-0.25, -0.2) is 0 Å². The minimum atomic E-state index is 0. The fourth-order valence-corrected chi connectivity index (χ4v) is 0. The van der Waals surface area contributed by atoms with Crippen molar-refractivity contribution in [3.8, 4) is 0 Å². The van der Waals surface area contributed by atoms with Crippen LogP contribution >= 0.6 is 0 Å². The molecular formula is C8H18Y-2. The molecule has 1 heteroatoms. The zero-order valence-electron chi connectivity index (χ0n) is 7.15. The minimum Gasteiger partial charge on any atom is -0.341 e. The van der Waals surface area contributed by atoms with E-state index in [9.17, 15) is 0 Å². The Morgan fingerprint density at radius 3 is 0.778 bits per heavy atom. The second-order valence-electron chi connectivity index (χ2n) is 2.79. The molecule has 0 saturated heterocycles. The summed E-state index contributed by atoms with van der Waals surface area (Å²) in [5.41, 5.74) is 0. The van der Waals surface area contributed by atoms with Crippen LogP contribution in [0.5, 0.6) is 0 Å². The Balaban J connectivity index is -0.0000000720. The van der Waals surface area contributed by atoms with Crippen molar-refractivity contribution in [3.05, 3.63) is 13.8 Å². The smallest absolute Gasteiger partial charge is 0 e. The van der Waals surface area contributed by atoms with E-state index in [0.717, 1.165) is 0 Å². The standard InChI is InChI=1S/2C4H9.Y/c2*1-4(2)3;/h2*4H,1H2,2-3H3;/q2*-1;. The average Bonchev–Trinajstić information content (AvgIpc) is 1.25. The average molecular weight is 203 g/mol. The van der Waals surface area contributed by atoms with Crippen LogP contribution in [0.2, 0.25) is 0 Å². The van der Waals surface area contributed by atoms with Gasteiger partial charge in [0.1, 0.15) is 0 Å². The number of hydrogen-bond donors (Lipinski definition) is 0. The van der Waals surface area contributed by atoms with Gasteiger partial charge in [-0.2, -0.15) is 11.8 Å². The van der Waals surface area contributed by atoms with E-state index in [1.54, 1.807) is 0 Å². The van der Waals surface area contributed by atoms with E-state index in [2.05, 4.69) is 41.5 Å². The van der Waals surface area contributed by atoms with Gasteiger partial charge in [0.15, 0.2) is 0 Å². The molecule has 0 amide bonds. The zero-order valence-corrected chi connectivity index (χ0v) is 9.98. The summed E-state index contributed by atoms with van der Waals surface area (Å²) in [5, 5.41) is 0. The molecule has 0 saturated carbocycles. The van der Waals surface area contributed by atoms with Crippen molar-refractivity contribution in [2.45, 2.75) is 27.7 Å². The van der Waals surface area contributed by atoms with E-state index in [0.29, 0.717) is 11.8 Å². The van der Waals surface area contributed by atoms with Crippen molar-refractivity contribution < 1.29 is 32.7 Å². The third-order valence-electron chi connectivity index (χ3n) is 0. The Bertz CT molecular complexity index is 20.0. The van der Waals surface area contributed by atoms with Crippen molar-refractivity contribution in [2.24, 2.45) is 11.8 Å². The van der Waals surface area contributed by atoms with Crippen LogP contribution in [0.15, 0.2) is 0 Å². The van der Waals surface area contributed by atoms with Gasteiger partial charge in [0.25, 0.3) is 0 Å². The molecule has 0 bridgehead atoms. The summed E-state index contributed by atoms with van der Waals surface area (Å²) in [6.45, 7) is 15.5. The van der Waals surface area contributed by atoms with Gasteiger partial charge in [-0.15, -0.1) is 0 Å². The van der Waals surface area contributed by atoms with Gasteiger partial charge >= 0.3 is 0 Å². The topological polar surface area (TPSA) is 0 Å². The molecule has 0 N–H and O–H groups in total. The van der Waals surface area contributed by atoms with Crippen LogP contribution in [0.25, 0.3) is 0 Å². The molecule has 0 rings (SSSR count). The summed E-state index contributed by atoms with van der Waals surface area (Å²) in [6, 6.07) is 0. The third-order valence-corrected chi connectivity index (χ3v) is 0. The molecule has 0 aliphatic rings. The number of rotatable bonds is 0. The Morgan fingerprint density at radius 1 is 0.778 bits per heavy atom. The van der Waals surface area contributed by atoms with E-state index in [1.807, 2.05) is 0 Å². The van der Waals surface area contributed by atoms with Gasteiger partial charge in [0.2, 0.25) is 0 Å². The quantitative estimate of drug-likeness (QED) is 0.531. The van der Waals surface area contributed by atoms with E-state index in [4.69, 9.17) is 0 Å². The van der Waals surface area contributed by atoms with Gasteiger partial charge in [-0.1, -0.05) is 27.7 Å². The van der Waals surface area contributed by atoms with Crippen LogP contribution in [0.1, 0.15) is 27.7 Å². The second kappa shape index (κ2) is 11.8. The molecule has 0 spiro atoms. The summed E-state index contributed by atoms with van der Waals surface area (Å²) in [6.07, 6.45) is 0. The Hall–Kier alpha value is 1.10. The van der Waals surface area contributed by atoms with Crippen LogP contribution in [-0.4, -0.2) is 0 Å². The number of hydrogen-bond acceptors (Lipinski definition) is 0. The molecule has 0 aromatic heterocycles. The molecular weight excluding hydrogens is 185 g/mol. The van der Waals surface area contributed by atoms with Gasteiger partial charge in [-0.05, 0) is 0 Å². The fraction of sp³-hybridized carbons (Fsp3) is 0.750. The summed E-state index contributed by atoms with van der Waals surface area (Å²) in [4.78, 5) is 0. The second-order valence-corrected chi connectivity index (χ2v) is 2.79. The first-order valence-corrected chi connectivity index (χ1v) is 3.13. The molecule has 0 aliphatic heterocycles. The van der Waals surface area contributed by atoms with Crippen molar-refractivity contribution in [1.29, 1.82) is 0 Å². The van der Waals surface area contributed by atoms with Crippen molar-refractivity contribution in [2.75, 3.05) is 0 Å². The van der Waals surface area contributed by atoms with Crippen LogP contribution in [0.3, 0.4) is 0 Å². The Kier molecular flexibility index (Phi) is 21.8. The Morgan fingerprint density at radius 2 is 0.778 bits per heavy atom. The Labute approximate surface area is 85.7 Å². The zero-order chi connectivity index (χ0) is 7.15. The van der Waals surface area contributed by atoms with Crippen LogP contribution in [0.4, 0.5) is 0 Å². The first-order chi connectivity index (χ1) is 3.46. The van der Waals surface area contributed by atoms with E-state index >= 15 is 0 Å². The maximum absolute atomic E-state index is 3.64. The van der Waals surface area contributed by atoms with Crippen molar-refractivity contribution in [1.82, 2.24) is 0 Å². The molecule has 55 valence electrons. The molecule has 9 heavy (non-hydrogen) atoms. The maximum Gasteiger partial charge on any atom is 0 e. The molecule has 1 radical (unpaired) electrons. The predicted octanol–water partition coefficient (Wildman–Crippen LogP) is 2.95. The van der Waals surface area contributed by atoms with Crippen molar-refractivity contribution in [3.63, 3.8) is 0 Å². The molecule has 0 fully saturated rings. The maximum atomic E-state index is 3.64. The van der Waals surface area contributed by atoms with Gasteiger partial charge in [-0.3, -0.25) is 0 Å². The van der Waals surface area contributed by atoms with E-state index in [-0.39, 0.29) is 32.7 Å². The summed E-state index contributed by atoms with van der Waals surface area (Å²) in [5.74, 6) is 1.17. The molecule has 0 aromatic rings. The van der Waals surface area contributed by atoms with Gasteiger partial charge in [0, 0.05) is 32.7 Å². The van der Waals surface area contributed by atoms with E-state index < -0.39 is 0 Å². The molecule has 0 aliphatic carbocycles. The molecule has 0 atom stereocenters. The summed E-state index contributed by atoms with van der Waals surface area (Å²) < 4.78 is 0. The molecule has 0 unspecified atom stereocenters.